The van der Waals surface area contributed by atoms with Crippen LogP contribution in [0.2, 0.25) is 0 Å². The summed E-state index contributed by atoms with van der Waals surface area (Å²) in [5, 5.41) is 7.29. The molecule has 19 heavy (non-hydrogen) atoms. The summed E-state index contributed by atoms with van der Waals surface area (Å²) in [6.45, 7) is 3.09. The minimum atomic E-state index is -0.122. The van der Waals surface area contributed by atoms with E-state index in [4.69, 9.17) is 0 Å². The van der Waals surface area contributed by atoms with Gasteiger partial charge in [0.05, 0.1) is 11.9 Å². The molecule has 0 atom stereocenters. The third kappa shape index (κ3) is 3.45. The zero-order valence-electron chi connectivity index (χ0n) is 10.4. The second-order valence-electron chi connectivity index (χ2n) is 3.97. The summed E-state index contributed by atoms with van der Waals surface area (Å²) in [5.74, 6) is 0. The van der Waals surface area contributed by atoms with Crippen molar-refractivity contribution in [3.05, 3.63) is 55.3 Å². The number of aryl methyl sites for hydroxylation is 1. The van der Waals surface area contributed by atoms with Crippen molar-refractivity contribution in [2.24, 2.45) is 0 Å². The summed E-state index contributed by atoms with van der Waals surface area (Å²) < 4.78 is 2.97. The van der Waals surface area contributed by atoms with E-state index in [9.17, 15) is 4.79 Å². The van der Waals surface area contributed by atoms with Gasteiger partial charge >= 0.3 is 0 Å². The smallest absolute Gasteiger partial charge is 0.283 e. The topological polar surface area (TPSA) is 46.9 Å². The molecule has 0 aliphatic heterocycles. The van der Waals surface area contributed by atoms with Gasteiger partial charge in [0.15, 0.2) is 0 Å². The van der Waals surface area contributed by atoms with Crippen LogP contribution in [-0.2, 0) is 13.1 Å². The van der Waals surface area contributed by atoms with Crippen LogP contribution in [0.15, 0.2) is 44.2 Å². The number of anilines is 1. The highest BCUT2D eigenvalue weighted by molar-refractivity contribution is 9.10. The van der Waals surface area contributed by atoms with Gasteiger partial charge in [-0.3, -0.25) is 4.79 Å². The Balaban J connectivity index is 2.14. The highest BCUT2D eigenvalue weighted by Crippen LogP contribution is 2.18. The molecule has 0 aliphatic carbocycles. The Labute approximate surface area is 128 Å². The normalized spacial score (nSPS) is 10.5. The van der Waals surface area contributed by atoms with Gasteiger partial charge in [-0.2, -0.15) is 5.10 Å². The van der Waals surface area contributed by atoms with Gasteiger partial charge in [0.25, 0.3) is 5.56 Å². The van der Waals surface area contributed by atoms with E-state index in [0.717, 1.165) is 10.0 Å². The van der Waals surface area contributed by atoms with Gasteiger partial charge < -0.3 is 5.32 Å². The van der Waals surface area contributed by atoms with Crippen LogP contribution in [-0.4, -0.2) is 9.78 Å². The van der Waals surface area contributed by atoms with Crippen molar-refractivity contribution in [3.8, 4) is 0 Å². The van der Waals surface area contributed by atoms with E-state index in [1.807, 2.05) is 31.2 Å². The van der Waals surface area contributed by atoms with E-state index in [1.54, 1.807) is 6.20 Å². The van der Waals surface area contributed by atoms with E-state index in [0.29, 0.717) is 23.2 Å². The molecule has 6 heteroatoms. The van der Waals surface area contributed by atoms with Crippen LogP contribution in [0.5, 0.6) is 0 Å². The first kappa shape index (κ1) is 14.3. The maximum atomic E-state index is 11.9. The average Bonchev–Trinajstić information content (AvgIpc) is 2.42. The highest BCUT2D eigenvalue weighted by Gasteiger charge is 2.07. The number of hydrogen-bond acceptors (Lipinski definition) is 3. The van der Waals surface area contributed by atoms with E-state index >= 15 is 0 Å². The minimum absolute atomic E-state index is 0.122. The lowest BCUT2D eigenvalue weighted by molar-refractivity contribution is 0.613. The summed E-state index contributed by atoms with van der Waals surface area (Å²) in [6, 6.07) is 8.01. The number of benzene rings is 1. The van der Waals surface area contributed by atoms with Crippen molar-refractivity contribution in [3.63, 3.8) is 0 Å². The molecule has 0 unspecified atom stereocenters. The summed E-state index contributed by atoms with van der Waals surface area (Å²) in [7, 11) is 0. The molecule has 0 radical (unpaired) electrons. The number of aromatic nitrogens is 2. The van der Waals surface area contributed by atoms with Crippen molar-refractivity contribution in [2.45, 2.75) is 20.0 Å². The van der Waals surface area contributed by atoms with Gasteiger partial charge in [0.1, 0.15) is 4.47 Å². The molecule has 0 bridgehead atoms. The Hall–Kier alpha value is -1.14. The van der Waals surface area contributed by atoms with Crippen LogP contribution in [0.4, 0.5) is 5.69 Å². The molecule has 1 aromatic carbocycles. The molecule has 1 N–H and O–H groups in total. The molecule has 0 saturated carbocycles. The lowest BCUT2D eigenvalue weighted by Crippen LogP contribution is -2.23. The predicted octanol–water partition coefficient (Wildman–Crippen LogP) is 3.40. The van der Waals surface area contributed by atoms with Crippen molar-refractivity contribution < 1.29 is 0 Å². The Morgan fingerprint density at radius 2 is 1.95 bits per heavy atom. The quantitative estimate of drug-likeness (QED) is 0.875. The first-order valence-electron chi connectivity index (χ1n) is 5.85. The third-order valence-electron chi connectivity index (χ3n) is 2.68. The lowest BCUT2D eigenvalue weighted by Gasteiger charge is -2.09. The number of nitrogens with one attached hydrogen (secondary N) is 1. The summed E-state index contributed by atoms with van der Waals surface area (Å²) >= 11 is 6.71. The molecular weight excluding hydrogens is 374 g/mol. The molecule has 0 aliphatic rings. The second kappa shape index (κ2) is 6.34. The molecular formula is C13H13Br2N3O. The van der Waals surface area contributed by atoms with Crippen LogP contribution >= 0.6 is 31.9 Å². The Morgan fingerprint density at radius 1 is 1.26 bits per heavy atom. The average molecular weight is 387 g/mol. The third-order valence-corrected chi connectivity index (χ3v) is 3.98. The number of hydrogen-bond donors (Lipinski definition) is 1. The Morgan fingerprint density at radius 3 is 2.58 bits per heavy atom. The van der Waals surface area contributed by atoms with Crippen molar-refractivity contribution in [2.75, 3.05) is 5.32 Å². The van der Waals surface area contributed by atoms with Gasteiger partial charge in [-0.25, -0.2) is 4.68 Å². The summed E-state index contributed by atoms with van der Waals surface area (Å²) in [4.78, 5) is 11.9. The first-order chi connectivity index (χ1) is 9.11. The van der Waals surface area contributed by atoms with Crippen LogP contribution in [0.25, 0.3) is 0 Å². The van der Waals surface area contributed by atoms with Crippen LogP contribution in [0.1, 0.15) is 12.5 Å². The fraction of sp³-hybridized carbons (Fsp3) is 0.231. The molecule has 1 aromatic heterocycles. The number of halogens is 2. The molecule has 2 aromatic rings. The minimum Gasteiger partial charge on any atom is -0.379 e. The predicted molar refractivity (Wildman–Crippen MR) is 83.3 cm³/mol. The van der Waals surface area contributed by atoms with Crippen LogP contribution in [0.3, 0.4) is 0 Å². The second-order valence-corrected chi connectivity index (χ2v) is 5.68. The van der Waals surface area contributed by atoms with Crippen molar-refractivity contribution >= 4 is 37.5 Å². The Kier molecular flexibility index (Phi) is 4.76. The van der Waals surface area contributed by atoms with Gasteiger partial charge in [-0.05, 0) is 40.5 Å². The summed E-state index contributed by atoms with van der Waals surface area (Å²) in [6.07, 6.45) is 1.66. The maximum absolute atomic E-state index is 11.9. The molecule has 0 fully saturated rings. The van der Waals surface area contributed by atoms with Crippen molar-refractivity contribution in [1.82, 2.24) is 9.78 Å². The molecule has 1 heterocycles. The van der Waals surface area contributed by atoms with Crippen LogP contribution in [0, 0.1) is 0 Å². The van der Waals surface area contributed by atoms with Gasteiger partial charge in [0, 0.05) is 17.6 Å². The molecule has 2 rings (SSSR count). The van der Waals surface area contributed by atoms with E-state index in [2.05, 4.69) is 42.3 Å². The number of rotatable bonds is 4. The van der Waals surface area contributed by atoms with E-state index in [-0.39, 0.29) is 5.56 Å². The fourth-order valence-electron chi connectivity index (χ4n) is 1.61. The van der Waals surface area contributed by atoms with Gasteiger partial charge in [-0.15, -0.1) is 0 Å². The molecule has 0 spiro atoms. The Bertz CT molecular complexity index is 623. The van der Waals surface area contributed by atoms with E-state index in [1.165, 1.54) is 4.68 Å². The van der Waals surface area contributed by atoms with Crippen LogP contribution < -0.4 is 10.9 Å². The monoisotopic (exact) mass is 385 g/mol. The van der Waals surface area contributed by atoms with Crippen molar-refractivity contribution in [1.29, 1.82) is 0 Å². The maximum Gasteiger partial charge on any atom is 0.283 e. The highest BCUT2D eigenvalue weighted by atomic mass is 79.9. The summed E-state index contributed by atoms with van der Waals surface area (Å²) in [5.41, 5.74) is 1.72. The molecule has 0 amide bonds. The lowest BCUT2D eigenvalue weighted by atomic mass is 10.2. The zero-order chi connectivity index (χ0) is 13.8. The standard InChI is InChI=1S/C13H13Br2N3O/c1-2-18-13(19)12(15)11(8-17-18)16-7-9-3-5-10(14)6-4-9/h3-6,8,16H,2,7H2,1H3. The van der Waals surface area contributed by atoms with Gasteiger partial charge in [-0.1, -0.05) is 28.1 Å². The molecule has 100 valence electrons. The first-order valence-corrected chi connectivity index (χ1v) is 7.44. The van der Waals surface area contributed by atoms with Gasteiger partial charge in [0.2, 0.25) is 0 Å². The SMILES string of the molecule is CCn1ncc(NCc2ccc(Br)cc2)c(Br)c1=O. The molecule has 0 saturated heterocycles. The zero-order valence-corrected chi connectivity index (χ0v) is 13.5. The fourth-order valence-corrected chi connectivity index (χ4v) is 2.32. The van der Waals surface area contributed by atoms with E-state index < -0.39 is 0 Å². The number of nitrogens with zero attached hydrogens (tertiary/aromatic N) is 2. The largest absolute Gasteiger partial charge is 0.379 e. The molecule has 4 nitrogen and oxygen atoms in total.